The molecule has 0 spiro atoms. The molecule has 0 saturated carbocycles. The lowest BCUT2D eigenvalue weighted by Gasteiger charge is -2.25. The fraction of sp³-hybridized carbons (Fsp3) is 0.160. The van der Waals surface area contributed by atoms with E-state index in [-0.39, 0.29) is 17.0 Å². The van der Waals surface area contributed by atoms with Crippen LogP contribution in [-0.4, -0.2) is 28.1 Å². The first-order valence-electron chi connectivity index (χ1n) is 10.4. The summed E-state index contributed by atoms with van der Waals surface area (Å²) in [7, 11) is 0. The van der Waals surface area contributed by atoms with Crippen LogP contribution in [0.1, 0.15) is 29.7 Å². The smallest absolute Gasteiger partial charge is 0.507 e. The highest BCUT2D eigenvalue weighted by Crippen LogP contribution is 2.42. The fourth-order valence-electron chi connectivity index (χ4n) is 3.84. The van der Waals surface area contributed by atoms with Gasteiger partial charge in [0.15, 0.2) is 0 Å². The number of carbonyl (C=O) groups excluding carboxylic acids is 2. The van der Waals surface area contributed by atoms with Crippen molar-refractivity contribution in [1.82, 2.24) is 4.98 Å². The number of carbonyl (C=O) groups is 2. The molecule has 2 aromatic carbocycles. The predicted molar refractivity (Wildman–Crippen MR) is 118 cm³/mol. The van der Waals surface area contributed by atoms with E-state index in [9.17, 15) is 27.9 Å². The summed E-state index contributed by atoms with van der Waals surface area (Å²) in [6.07, 6.45) is -1.23. The van der Waals surface area contributed by atoms with Gasteiger partial charge in [-0.15, -0.1) is 13.2 Å². The van der Waals surface area contributed by atoms with Gasteiger partial charge in [0.2, 0.25) is 0 Å². The lowest BCUT2D eigenvalue weighted by atomic mass is 9.95. The molecule has 9 heteroatoms. The molecule has 1 aliphatic rings. The molecule has 3 aromatic rings. The molecule has 1 atom stereocenters. The van der Waals surface area contributed by atoms with Gasteiger partial charge in [0, 0.05) is 29.7 Å². The van der Waals surface area contributed by atoms with Gasteiger partial charge in [-0.2, -0.15) is 0 Å². The molecule has 174 valence electrons. The van der Waals surface area contributed by atoms with Crippen LogP contribution in [0, 0.1) is 0 Å². The van der Waals surface area contributed by atoms with E-state index in [0.29, 0.717) is 11.1 Å². The van der Waals surface area contributed by atoms with Gasteiger partial charge in [-0.05, 0) is 35.7 Å². The zero-order chi connectivity index (χ0) is 24.5. The molecule has 0 radical (unpaired) electrons. The number of aryl methyl sites for hydroxylation is 1. The number of rotatable bonds is 5. The van der Waals surface area contributed by atoms with Crippen molar-refractivity contribution in [3.8, 4) is 5.75 Å². The molecular weight excluding hydrogens is 449 g/mol. The molecule has 0 bridgehead atoms. The summed E-state index contributed by atoms with van der Waals surface area (Å²) in [4.78, 5) is 31.2. The van der Waals surface area contributed by atoms with Gasteiger partial charge in [0.25, 0.3) is 11.7 Å². The summed E-state index contributed by atoms with van der Waals surface area (Å²) < 4.78 is 42.2. The molecular formula is C25H19F3N2O4. The normalized spacial score (nSPS) is 17.8. The Bertz CT molecular complexity index is 1260. The largest absolute Gasteiger partial charge is 0.573 e. The van der Waals surface area contributed by atoms with E-state index >= 15 is 0 Å². The Balaban J connectivity index is 1.87. The van der Waals surface area contributed by atoms with E-state index in [2.05, 4.69) is 9.72 Å². The first-order valence-corrected chi connectivity index (χ1v) is 10.4. The monoisotopic (exact) mass is 468 g/mol. The molecule has 1 unspecified atom stereocenters. The molecule has 1 N–H and O–H groups in total. The maximum Gasteiger partial charge on any atom is 0.573 e. The number of Topliss-reactive ketones (excluding diaryl/α,β-unsaturated/α-hetero) is 1. The molecule has 1 amide bonds. The van der Waals surface area contributed by atoms with Crippen LogP contribution >= 0.6 is 0 Å². The van der Waals surface area contributed by atoms with Crippen molar-refractivity contribution >= 4 is 23.1 Å². The fourth-order valence-corrected chi connectivity index (χ4v) is 3.84. The lowest BCUT2D eigenvalue weighted by Crippen LogP contribution is -2.29. The number of ketones is 1. The highest BCUT2D eigenvalue weighted by atomic mass is 19.4. The Morgan fingerprint density at radius 2 is 1.82 bits per heavy atom. The third-order valence-electron chi connectivity index (χ3n) is 5.41. The Labute approximate surface area is 192 Å². The zero-order valence-corrected chi connectivity index (χ0v) is 17.9. The molecule has 0 aliphatic carbocycles. The van der Waals surface area contributed by atoms with Crippen LogP contribution < -0.4 is 9.64 Å². The molecule has 1 aliphatic heterocycles. The second-order valence-electron chi connectivity index (χ2n) is 7.55. The van der Waals surface area contributed by atoms with Gasteiger partial charge in [0.05, 0.1) is 11.6 Å². The number of benzene rings is 2. The molecule has 1 aromatic heterocycles. The van der Waals surface area contributed by atoms with Crippen LogP contribution in [0.2, 0.25) is 0 Å². The summed E-state index contributed by atoms with van der Waals surface area (Å²) in [5, 5.41) is 11.1. The van der Waals surface area contributed by atoms with Gasteiger partial charge in [0.1, 0.15) is 11.5 Å². The SMILES string of the molecule is CCc1ccc(/C(O)=C2\C(=O)C(=O)N(c3cccc(OC(F)(F)F)c3)C2c2cccnc2)cc1. The molecule has 1 saturated heterocycles. The number of aliphatic hydroxyl groups is 1. The van der Waals surface area contributed by atoms with Gasteiger partial charge in [-0.1, -0.05) is 43.3 Å². The number of alkyl halides is 3. The van der Waals surface area contributed by atoms with Gasteiger partial charge in [-0.3, -0.25) is 19.5 Å². The summed E-state index contributed by atoms with van der Waals surface area (Å²) in [5.74, 6) is -2.90. The molecule has 6 nitrogen and oxygen atoms in total. The second kappa shape index (κ2) is 9.01. The minimum absolute atomic E-state index is 0.00177. The molecule has 4 rings (SSSR count). The number of nitrogens with zero attached hydrogens (tertiary/aromatic N) is 2. The van der Waals surface area contributed by atoms with Crippen LogP contribution in [0.4, 0.5) is 18.9 Å². The van der Waals surface area contributed by atoms with Crippen molar-refractivity contribution in [2.24, 2.45) is 0 Å². The maximum atomic E-state index is 13.1. The van der Waals surface area contributed by atoms with E-state index < -0.39 is 29.8 Å². The number of hydrogen-bond acceptors (Lipinski definition) is 5. The van der Waals surface area contributed by atoms with Crippen molar-refractivity contribution in [3.05, 3.63) is 95.3 Å². The van der Waals surface area contributed by atoms with E-state index in [0.717, 1.165) is 29.0 Å². The Kier molecular flexibility index (Phi) is 6.10. The van der Waals surface area contributed by atoms with Crippen LogP contribution in [0.25, 0.3) is 5.76 Å². The van der Waals surface area contributed by atoms with Crippen molar-refractivity contribution in [3.63, 3.8) is 0 Å². The van der Waals surface area contributed by atoms with E-state index in [1.54, 1.807) is 36.4 Å². The Hall–Kier alpha value is -4.14. The maximum absolute atomic E-state index is 13.1. The van der Waals surface area contributed by atoms with Crippen molar-refractivity contribution in [2.45, 2.75) is 25.7 Å². The number of hydrogen-bond donors (Lipinski definition) is 1. The quantitative estimate of drug-likeness (QED) is 0.318. The Morgan fingerprint density at radius 1 is 1.09 bits per heavy atom. The summed E-state index contributed by atoms with van der Waals surface area (Å²) in [5.41, 5.74) is 1.55. The lowest BCUT2D eigenvalue weighted by molar-refractivity contribution is -0.274. The minimum atomic E-state index is -4.93. The highest BCUT2D eigenvalue weighted by molar-refractivity contribution is 6.51. The second-order valence-corrected chi connectivity index (χ2v) is 7.55. The third kappa shape index (κ3) is 4.50. The van der Waals surface area contributed by atoms with Crippen LogP contribution in [0.15, 0.2) is 78.6 Å². The van der Waals surface area contributed by atoms with Gasteiger partial charge in [-0.25, -0.2) is 0 Å². The van der Waals surface area contributed by atoms with Gasteiger partial charge >= 0.3 is 6.36 Å². The number of amides is 1. The molecule has 34 heavy (non-hydrogen) atoms. The van der Waals surface area contributed by atoms with Crippen LogP contribution in [0.5, 0.6) is 5.75 Å². The number of pyridine rings is 1. The number of ether oxygens (including phenoxy) is 1. The predicted octanol–water partition coefficient (Wildman–Crippen LogP) is 5.17. The third-order valence-corrected chi connectivity index (χ3v) is 5.41. The van der Waals surface area contributed by atoms with Crippen molar-refractivity contribution in [2.75, 3.05) is 4.90 Å². The minimum Gasteiger partial charge on any atom is -0.507 e. The molecule has 2 heterocycles. The Morgan fingerprint density at radius 3 is 2.44 bits per heavy atom. The van der Waals surface area contributed by atoms with Crippen LogP contribution in [0.3, 0.4) is 0 Å². The topological polar surface area (TPSA) is 79.7 Å². The number of halogens is 3. The summed E-state index contributed by atoms with van der Waals surface area (Å²) >= 11 is 0. The van der Waals surface area contributed by atoms with Gasteiger partial charge < -0.3 is 9.84 Å². The average Bonchev–Trinajstić information content (AvgIpc) is 3.09. The number of aliphatic hydroxyl groups excluding tert-OH is 1. The van der Waals surface area contributed by atoms with Crippen molar-refractivity contribution in [1.29, 1.82) is 0 Å². The van der Waals surface area contributed by atoms with E-state index in [1.165, 1.54) is 24.5 Å². The molecule has 1 fully saturated rings. The van der Waals surface area contributed by atoms with Crippen molar-refractivity contribution < 1.29 is 32.6 Å². The first kappa shape index (κ1) is 23.0. The highest BCUT2D eigenvalue weighted by Gasteiger charge is 2.47. The number of anilines is 1. The summed E-state index contributed by atoms with van der Waals surface area (Å²) in [6.45, 7) is 1.97. The van der Waals surface area contributed by atoms with E-state index in [4.69, 9.17) is 0 Å². The van der Waals surface area contributed by atoms with Crippen LogP contribution in [-0.2, 0) is 16.0 Å². The summed E-state index contributed by atoms with van der Waals surface area (Å²) in [6, 6.07) is 13.7. The first-order chi connectivity index (χ1) is 16.2. The average molecular weight is 468 g/mol. The van der Waals surface area contributed by atoms with E-state index in [1.807, 2.05) is 6.92 Å². The standard InChI is InChI=1S/C25H19F3N2O4/c1-2-15-8-10-16(11-9-15)22(31)20-21(17-5-4-12-29-14-17)30(24(33)23(20)32)18-6-3-7-19(13-18)34-25(26,27)28/h3-14,21,31H,2H2,1H3/b22-20+. The zero-order valence-electron chi connectivity index (χ0n) is 17.9. The number of aromatic nitrogens is 1.